The first-order valence-corrected chi connectivity index (χ1v) is 6.99. The van der Waals surface area contributed by atoms with Crippen molar-refractivity contribution in [2.75, 3.05) is 13.7 Å². The summed E-state index contributed by atoms with van der Waals surface area (Å²) in [6, 6.07) is 0.717. The molecule has 0 saturated carbocycles. The van der Waals surface area contributed by atoms with Crippen LogP contribution in [0.15, 0.2) is 16.7 Å². The van der Waals surface area contributed by atoms with Gasteiger partial charge >= 0.3 is 5.97 Å². The quantitative estimate of drug-likeness (QED) is 0.632. The Morgan fingerprint density at radius 1 is 1.60 bits per heavy atom. The predicted molar refractivity (Wildman–Crippen MR) is 74.4 cm³/mol. The van der Waals surface area contributed by atoms with Crippen LogP contribution in [-0.2, 0) is 9.53 Å². The molecule has 1 N–H and O–H groups in total. The summed E-state index contributed by atoms with van der Waals surface area (Å²) >= 11 is 9.12. The molecule has 20 heavy (non-hydrogen) atoms. The van der Waals surface area contributed by atoms with Gasteiger partial charge in [-0.15, -0.1) is 0 Å². The number of halogens is 2. The lowest BCUT2D eigenvalue weighted by molar-refractivity contribution is -0.145. The molecule has 2 rings (SSSR count). The molecular weight excluding hydrogens is 351 g/mol. The van der Waals surface area contributed by atoms with Crippen molar-refractivity contribution in [1.82, 2.24) is 9.88 Å². The molecule has 0 bridgehead atoms. The number of esters is 1. The Morgan fingerprint density at radius 2 is 2.30 bits per heavy atom. The maximum Gasteiger partial charge on any atom is 0.328 e. The average molecular weight is 364 g/mol. The van der Waals surface area contributed by atoms with E-state index in [-0.39, 0.29) is 23.7 Å². The summed E-state index contributed by atoms with van der Waals surface area (Å²) in [4.78, 5) is 29.3. The van der Waals surface area contributed by atoms with Gasteiger partial charge in [-0.1, -0.05) is 11.6 Å². The van der Waals surface area contributed by atoms with Crippen LogP contribution in [0.3, 0.4) is 0 Å². The van der Waals surface area contributed by atoms with Crippen LogP contribution in [0.5, 0.6) is 0 Å². The second-order valence-electron chi connectivity index (χ2n) is 4.38. The number of aliphatic hydroxyl groups excluding tert-OH is 1. The first-order chi connectivity index (χ1) is 9.43. The number of aliphatic hydroxyl groups is 1. The van der Waals surface area contributed by atoms with Gasteiger partial charge < -0.3 is 14.7 Å². The summed E-state index contributed by atoms with van der Waals surface area (Å²) in [5.74, 6) is -1.02. The topological polar surface area (TPSA) is 79.7 Å². The van der Waals surface area contributed by atoms with E-state index in [0.29, 0.717) is 4.47 Å². The van der Waals surface area contributed by atoms with Crippen molar-refractivity contribution in [3.63, 3.8) is 0 Å². The molecular formula is C12H12BrClN2O4. The van der Waals surface area contributed by atoms with E-state index in [1.165, 1.54) is 24.3 Å². The normalized spacial score (nSPS) is 21.9. The lowest BCUT2D eigenvalue weighted by Crippen LogP contribution is -2.41. The van der Waals surface area contributed by atoms with Gasteiger partial charge in [0.05, 0.1) is 18.8 Å². The highest BCUT2D eigenvalue weighted by molar-refractivity contribution is 9.10. The summed E-state index contributed by atoms with van der Waals surface area (Å²) in [5.41, 5.74) is 0.170. The second-order valence-corrected chi connectivity index (χ2v) is 5.65. The average Bonchev–Trinajstić information content (AvgIpc) is 2.82. The van der Waals surface area contributed by atoms with Crippen molar-refractivity contribution < 1.29 is 19.4 Å². The summed E-state index contributed by atoms with van der Waals surface area (Å²) in [6.07, 6.45) is 0.856. The van der Waals surface area contributed by atoms with E-state index in [2.05, 4.69) is 25.7 Å². The van der Waals surface area contributed by atoms with Crippen LogP contribution < -0.4 is 0 Å². The van der Waals surface area contributed by atoms with Crippen molar-refractivity contribution in [1.29, 1.82) is 0 Å². The third-order valence-electron chi connectivity index (χ3n) is 3.05. The number of β-amino-alcohol motifs (C(OH)–C–C–N with tert-alkyl or cyclic N) is 1. The third-order valence-corrected chi connectivity index (χ3v) is 3.78. The van der Waals surface area contributed by atoms with Gasteiger partial charge in [-0.2, -0.15) is 0 Å². The van der Waals surface area contributed by atoms with E-state index in [0.717, 1.165) is 0 Å². The minimum Gasteiger partial charge on any atom is -0.467 e. The highest BCUT2D eigenvalue weighted by Gasteiger charge is 2.40. The minimum absolute atomic E-state index is 0.0446. The molecule has 2 unspecified atom stereocenters. The molecule has 1 aliphatic rings. The predicted octanol–water partition coefficient (Wildman–Crippen LogP) is 1.25. The number of methoxy groups -OCH3 is 1. The molecule has 108 valence electrons. The van der Waals surface area contributed by atoms with Gasteiger partial charge in [0.2, 0.25) is 0 Å². The van der Waals surface area contributed by atoms with Crippen molar-refractivity contribution in [2.24, 2.45) is 0 Å². The Hall–Kier alpha value is -1.18. The lowest BCUT2D eigenvalue weighted by Gasteiger charge is -2.22. The van der Waals surface area contributed by atoms with Crippen molar-refractivity contribution >= 4 is 39.4 Å². The van der Waals surface area contributed by atoms with E-state index < -0.39 is 24.0 Å². The smallest absolute Gasteiger partial charge is 0.328 e. The molecule has 0 spiro atoms. The lowest BCUT2D eigenvalue weighted by atomic mass is 10.2. The van der Waals surface area contributed by atoms with Crippen LogP contribution in [-0.4, -0.2) is 52.7 Å². The third kappa shape index (κ3) is 2.94. The number of aromatic nitrogens is 1. The number of amides is 1. The maximum atomic E-state index is 12.5. The van der Waals surface area contributed by atoms with E-state index in [1.54, 1.807) is 0 Å². The molecule has 1 fully saturated rings. The zero-order valence-corrected chi connectivity index (χ0v) is 12.9. The van der Waals surface area contributed by atoms with Crippen molar-refractivity contribution in [3.05, 3.63) is 27.5 Å². The van der Waals surface area contributed by atoms with Gasteiger partial charge in [0.25, 0.3) is 5.91 Å². The Morgan fingerprint density at radius 3 is 2.95 bits per heavy atom. The number of hydrogen-bond acceptors (Lipinski definition) is 5. The van der Waals surface area contributed by atoms with Crippen LogP contribution in [0.2, 0.25) is 5.15 Å². The Kier molecular flexibility index (Phi) is 4.62. The fourth-order valence-electron chi connectivity index (χ4n) is 2.13. The van der Waals surface area contributed by atoms with Crippen LogP contribution in [0.25, 0.3) is 0 Å². The van der Waals surface area contributed by atoms with Crippen LogP contribution in [0.4, 0.5) is 0 Å². The number of hydrogen-bond donors (Lipinski definition) is 1. The zero-order valence-electron chi connectivity index (χ0n) is 10.5. The molecule has 0 aromatic carbocycles. The monoisotopic (exact) mass is 362 g/mol. The summed E-state index contributed by atoms with van der Waals surface area (Å²) in [6.45, 7) is 0.0570. The summed E-state index contributed by atoms with van der Waals surface area (Å²) in [5, 5.41) is 9.72. The number of ether oxygens (including phenoxy) is 1. The molecule has 2 atom stereocenters. The van der Waals surface area contributed by atoms with Crippen molar-refractivity contribution in [2.45, 2.75) is 18.6 Å². The number of carbonyl (C=O) groups excluding carboxylic acids is 2. The van der Waals surface area contributed by atoms with Crippen LogP contribution >= 0.6 is 27.5 Å². The molecule has 6 nitrogen and oxygen atoms in total. The summed E-state index contributed by atoms with van der Waals surface area (Å²) in [7, 11) is 1.24. The number of likely N-dealkylation sites (tertiary alicyclic amines) is 1. The SMILES string of the molecule is COC(=O)C1CC(O)CN1C(=O)c1cc(Br)cnc1Cl. The van der Waals surface area contributed by atoms with Gasteiger partial charge in [-0.05, 0) is 22.0 Å². The number of nitrogens with zero attached hydrogens (tertiary/aromatic N) is 2. The zero-order chi connectivity index (χ0) is 14.9. The second kappa shape index (κ2) is 6.07. The first kappa shape index (κ1) is 15.2. The molecule has 0 aliphatic carbocycles. The van der Waals surface area contributed by atoms with Gasteiger partial charge in [-0.25, -0.2) is 9.78 Å². The largest absolute Gasteiger partial charge is 0.467 e. The maximum absolute atomic E-state index is 12.5. The highest BCUT2D eigenvalue weighted by atomic mass is 79.9. The Balaban J connectivity index is 2.31. The summed E-state index contributed by atoms with van der Waals surface area (Å²) < 4.78 is 5.25. The van der Waals surface area contributed by atoms with Gasteiger partial charge in [0, 0.05) is 23.6 Å². The van der Waals surface area contributed by atoms with Gasteiger partial charge in [0.1, 0.15) is 11.2 Å². The Bertz CT molecular complexity index is 554. The highest BCUT2D eigenvalue weighted by Crippen LogP contribution is 2.25. The molecule has 1 aromatic heterocycles. The molecule has 1 aliphatic heterocycles. The number of pyridine rings is 1. The number of carbonyl (C=O) groups is 2. The van der Waals surface area contributed by atoms with E-state index >= 15 is 0 Å². The van der Waals surface area contributed by atoms with Gasteiger partial charge in [0.15, 0.2) is 0 Å². The van der Waals surface area contributed by atoms with Gasteiger partial charge in [-0.3, -0.25) is 4.79 Å². The van der Waals surface area contributed by atoms with E-state index in [1.807, 2.05) is 0 Å². The fraction of sp³-hybridized carbons (Fsp3) is 0.417. The Labute approximate surface area is 128 Å². The van der Waals surface area contributed by atoms with Crippen molar-refractivity contribution in [3.8, 4) is 0 Å². The van der Waals surface area contributed by atoms with Crippen LogP contribution in [0.1, 0.15) is 16.8 Å². The molecule has 1 saturated heterocycles. The molecule has 1 amide bonds. The minimum atomic E-state index is -0.808. The van der Waals surface area contributed by atoms with Crippen LogP contribution in [0, 0.1) is 0 Å². The van der Waals surface area contributed by atoms with E-state index in [9.17, 15) is 14.7 Å². The fourth-order valence-corrected chi connectivity index (χ4v) is 2.64. The molecule has 1 aromatic rings. The van der Waals surface area contributed by atoms with E-state index in [4.69, 9.17) is 11.6 Å². The molecule has 8 heteroatoms. The molecule has 2 heterocycles. The first-order valence-electron chi connectivity index (χ1n) is 5.82. The standard InChI is InChI=1S/C12H12BrClN2O4/c1-20-12(19)9-3-7(17)5-16(9)11(18)8-2-6(13)4-15-10(8)14/h2,4,7,9,17H,3,5H2,1H3. The molecule has 0 radical (unpaired) electrons. The number of rotatable bonds is 2.